The number of nitrogens with one attached hydrogen (secondary N) is 13. The maximum Gasteiger partial charge on any atom is 0.276 e. The number of amides is 5. The van der Waals surface area contributed by atoms with Crippen LogP contribution in [0.5, 0.6) is 0 Å². The van der Waals surface area contributed by atoms with Gasteiger partial charge < -0.3 is 47.4 Å². The molecule has 9 aromatic carbocycles. The predicted octanol–water partition coefficient (Wildman–Crippen LogP) is 16.2. The van der Waals surface area contributed by atoms with E-state index in [1.807, 2.05) is 148 Å². The lowest BCUT2D eigenvalue weighted by molar-refractivity contribution is 0.0336. The molecule has 145 heavy (non-hydrogen) atoms. The number of piperidine rings is 3. The maximum atomic E-state index is 14.8. The number of hydrogen-bond acceptors (Lipinski definition) is 20. The Morgan fingerprint density at radius 2 is 0.628 bits per heavy atom. The first-order chi connectivity index (χ1) is 70.7. The lowest BCUT2D eigenvalue weighted by atomic mass is 9.99. The number of likely N-dealkylation sites (N-methyl/N-ethyl adjacent to an activating group) is 1. The Balaban J connectivity index is 0.000000107. The highest BCUT2D eigenvalue weighted by Gasteiger charge is 2.34. The molecular formula is C105H101F5N30O5. The van der Waals surface area contributed by atoms with Crippen molar-refractivity contribution in [2.24, 2.45) is 7.05 Å². The van der Waals surface area contributed by atoms with Crippen molar-refractivity contribution in [3.63, 3.8) is 0 Å². The summed E-state index contributed by atoms with van der Waals surface area (Å²) in [6, 6.07) is 51.2. The average Bonchev–Trinajstić information content (AvgIpc) is 1.64. The van der Waals surface area contributed by atoms with Gasteiger partial charge in [-0.15, -0.1) is 0 Å². The highest BCUT2D eigenvalue weighted by molar-refractivity contribution is 6.15. The molecule has 1 aliphatic carbocycles. The van der Waals surface area contributed by atoms with E-state index in [9.17, 15) is 45.9 Å². The van der Waals surface area contributed by atoms with E-state index < -0.39 is 17.5 Å². The van der Waals surface area contributed by atoms with Gasteiger partial charge in [0.25, 0.3) is 29.5 Å². The SMILES string of the molecule is CN1CC(N2CCC(NC(=O)c3n[nH]c4ccc(-c5cnn(C)c5)cc34)CC2)C1.O=C(Nc1ccc(F)cc1)c1n[nH]c2cc(F)c(-c3cnn(C4CCNCC4)c3)cc12.O=C(Nc1ccc(F)cc1)c1n[nH]c2ccc(-c3cnn(C4CC4)c3)cc12.O=C(Nc1ccc(F)cc1)c1n[nH]c2ccc(-c3cnn(C4CCNCC4)c3)cc12.O=C(Nc1ccc(F)cc1)c1n[nH]c2ccc(-c3cnn(C4CNC4)c3)cc12. The van der Waals surface area contributed by atoms with Gasteiger partial charge in [-0.3, -0.25) is 77.8 Å². The average molecular weight is 1960 g/mol. The van der Waals surface area contributed by atoms with Crippen molar-refractivity contribution in [3.05, 3.63) is 302 Å². The molecule has 15 heterocycles. The first-order valence-electron chi connectivity index (χ1n) is 48.1. The smallest absolute Gasteiger partial charge is 0.276 e. The minimum atomic E-state index is -0.471. The summed E-state index contributed by atoms with van der Waals surface area (Å²) in [4.78, 5) is 68.6. The number of rotatable bonds is 20. The number of aromatic amines is 5. The number of benzene rings is 9. The molecular weight excluding hydrogens is 1860 g/mol. The van der Waals surface area contributed by atoms with Crippen LogP contribution in [-0.2, 0) is 7.05 Å². The minimum absolute atomic E-state index is 0.0959. The van der Waals surface area contributed by atoms with Crippen molar-refractivity contribution in [2.45, 2.75) is 87.6 Å². The molecule has 6 fully saturated rings. The number of halogens is 5. The fourth-order valence-corrected chi connectivity index (χ4v) is 18.6. The largest absolute Gasteiger partial charge is 0.348 e. The third-order valence-corrected chi connectivity index (χ3v) is 27.0. The van der Waals surface area contributed by atoms with E-state index in [0.717, 1.165) is 192 Å². The zero-order valence-corrected chi connectivity index (χ0v) is 78.8. The number of likely N-dealkylation sites (tertiary alicyclic amines) is 2. The van der Waals surface area contributed by atoms with Gasteiger partial charge in [0.15, 0.2) is 28.5 Å². The van der Waals surface area contributed by atoms with E-state index in [1.54, 1.807) is 16.9 Å². The van der Waals surface area contributed by atoms with Gasteiger partial charge in [-0.05, 0) is 259 Å². The number of hydrogen-bond donors (Lipinski definition) is 13. The van der Waals surface area contributed by atoms with E-state index in [4.69, 9.17) is 0 Å². The molecule has 5 saturated heterocycles. The molecule has 0 unspecified atom stereocenters. The third kappa shape index (κ3) is 21.5. The first-order valence-corrected chi connectivity index (χ1v) is 48.1. The Kier molecular flexibility index (Phi) is 27.2. The highest BCUT2D eigenvalue weighted by Crippen LogP contribution is 2.38. The molecule has 19 aromatic rings. The van der Waals surface area contributed by atoms with Crippen LogP contribution in [0.3, 0.4) is 0 Å². The topological polar surface area (TPSA) is 421 Å². The van der Waals surface area contributed by atoms with Gasteiger partial charge in [0.1, 0.15) is 29.1 Å². The number of carbonyl (C=O) groups is 5. The summed E-state index contributed by atoms with van der Waals surface area (Å²) in [5, 5.41) is 84.9. The molecule has 0 bridgehead atoms. The molecule has 0 spiro atoms. The Morgan fingerprint density at radius 3 is 0.966 bits per heavy atom. The molecule has 0 atom stereocenters. The minimum Gasteiger partial charge on any atom is -0.348 e. The van der Waals surface area contributed by atoms with Crippen LogP contribution in [0.25, 0.3) is 110 Å². The van der Waals surface area contributed by atoms with Crippen molar-refractivity contribution in [3.8, 4) is 55.6 Å². The van der Waals surface area contributed by atoms with Gasteiger partial charge in [0, 0.05) is 179 Å². The number of carbonyl (C=O) groups excluding carboxylic acids is 5. The number of aryl methyl sites for hydroxylation is 1. The van der Waals surface area contributed by atoms with Crippen molar-refractivity contribution in [2.75, 3.05) is 93.8 Å². The second-order valence-electron chi connectivity index (χ2n) is 37.0. The van der Waals surface area contributed by atoms with Crippen LogP contribution >= 0.6 is 0 Å². The van der Waals surface area contributed by atoms with Gasteiger partial charge in [-0.1, -0.05) is 24.3 Å². The van der Waals surface area contributed by atoms with Crippen LogP contribution in [0.4, 0.5) is 44.7 Å². The van der Waals surface area contributed by atoms with Crippen LogP contribution in [0.15, 0.2) is 244 Å². The monoisotopic (exact) mass is 1960 g/mol. The quantitative estimate of drug-likeness (QED) is 0.0315. The van der Waals surface area contributed by atoms with E-state index in [1.165, 1.54) is 116 Å². The number of nitrogens with zero attached hydrogens (tertiary/aromatic N) is 17. The first kappa shape index (κ1) is 94.4. The molecule has 10 aromatic heterocycles. The Hall–Kier alpha value is -16.8. The number of H-pyrrole nitrogens is 5. The molecule has 6 aliphatic rings. The van der Waals surface area contributed by atoms with Crippen LogP contribution in [-0.4, -0.2) is 224 Å². The summed E-state index contributed by atoms with van der Waals surface area (Å²) in [6.45, 7) is 10.2. The zero-order valence-electron chi connectivity index (χ0n) is 78.8. The maximum absolute atomic E-state index is 14.8. The lowest BCUT2D eigenvalue weighted by Gasteiger charge is -2.46. The summed E-state index contributed by atoms with van der Waals surface area (Å²) in [5.74, 6) is -3.50. The molecule has 5 amide bonds. The summed E-state index contributed by atoms with van der Waals surface area (Å²) in [7, 11) is 4.06. The van der Waals surface area contributed by atoms with Gasteiger partial charge in [0.2, 0.25) is 0 Å². The molecule has 40 heteroatoms. The molecule has 1 saturated carbocycles. The Labute approximate surface area is 824 Å². The van der Waals surface area contributed by atoms with E-state index in [0.29, 0.717) is 86.0 Å². The lowest BCUT2D eigenvalue weighted by Crippen LogP contribution is -2.60. The number of anilines is 4. The summed E-state index contributed by atoms with van der Waals surface area (Å²) >= 11 is 0. The van der Waals surface area contributed by atoms with Crippen molar-refractivity contribution >= 4 is 107 Å². The second kappa shape index (κ2) is 41.8. The molecule has 736 valence electrons. The molecule has 35 nitrogen and oxygen atoms in total. The van der Waals surface area contributed by atoms with Crippen LogP contribution in [0, 0.1) is 29.1 Å². The number of fused-ring (bicyclic) bond motifs is 5. The van der Waals surface area contributed by atoms with Crippen molar-refractivity contribution < 1.29 is 45.9 Å². The van der Waals surface area contributed by atoms with E-state index >= 15 is 0 Å². The second-order valence-corrected chi connectivity index (χ2v) is 37.0. The van der Waals surface area contributed by atoms with Gasteiger partial charge >= 0.3 is 0 Å². The molecule has 0 radical (unpaired) electrons. The summed E-state index contributed by atoms with van der Waals surface area (Å²) in [6.07, 6.45) is 27.4. The molecule has 25 rings (SSSR count). The third-order valence-electron chi connectivity index (χ3n) is 27.0. The predicted molar refractivity (Wildman–Crippen MR) is 541 cm³/mol. The van der Waals surface area contributed by atoms with Crippen molar-refractivity contribution in [1.29, 1.82) is 0 Å². The van der Waals surface area contributed by atoms with Crippen LogP contribution < -0.4 is 42.5 Å². The van der Waals surface area contributed by atoms with Crippen LogP contribution in [0.1, 0.15) is 128 Å². The zero-order chi connectivity index (χ0) is 99.3. The molecule has 13 N–H and O–H groups in total. The fraction of sp³-hybridized carbons (Fsp3) is 0.248. The molecule has 5 aliphatic heterocycles. The van der Waals surface area contributed by atoms with Gasteiger partial charge in [0.05, 0.1) is 82.7 Å². The normalized spacial score (nSPS) is 15.4. The van der Waals surface area contributed by atoms with E-state index in [2.05, 4.69) is 142 Å². The summed E-state index contributed by atoms with van der Waals surface area (Å²) < 4.78 is 76.7. The van der Waals surface area contributed by atoms with Crippen molar-refractivity contribution in [1.82, 2.24) is 131 Å². The van der Waals surface area contributed by atoms with E-state index in [-0.39, 0.29) is 64.6 Å². The standard InChI is InChI=1S/C22H20F2N6O.C22H21FN6O.C21H27N7O.C20H17FN6O.C20H16FN5O/c23-14-1-3-15(4-2-14)27-22(31)21-18-9-17(19(24)10-20(18)28-29-21)13-11-26-30(12-13)16-5-7-25-8-6-16;23-16-2-4-17(5-3-16)26-22(30)21-19-11-14(1-6-20(19)27-28-21)15-12-25-29(13-15)18-7-9-24-10-8-18;1-26-12-17(13-26)28-7-5-16(6-8-28)23-21(29)20-18-9-14(3-4-19(18)24-25-20)15-10-22-27(2)11-15;21-14-2-4-15(5-3-14)24-20(28)19-17-7-12(1-6-18(17)25-26-19)13-8-23-27(11-13)16-9-22-10-16;21-14-2-4-15(5-3-14)23-20(27)19-17-9-12(1-8-18(17)24-25-19)13-10-22-26(11-13)16-6-7-16/h1-4,9-12,16,25H,5-8H2,(H,27,31)(H,28,29);1-6,11-13,18,24H,7-10H2,(H,26,30)(H,27,28);3-4,9-11,16-17H,5-8,12-13H2,1-2H3,(H,23,29)(H,24,25);1-8,11,16,22H,9-10H2,(H,24,28)(H,25,26);1-5,8-11,16H,6-7H2,(H,23,27)(H,24,25). The fourth-order valence-electron chi connectivity index (χ4n) is 18.6. The number of aromatic nitrogens is 20. The van der Waals surface area contributed by atoms with Gasteiger partial charge in [-0.2, -0.15) is 51.0 Å². The van der Waals surface area contributed by atoms with Crippen LogP contribution in [0.2, 0.25) is 0 Å². The van der Waals surface area contributed by atoms with Gasteiger partial charge in [-0.25, -0.2) is 22.0 Å². The Morgan fingerprint density at radius 1 is 0.310 bits per heavy atom. The highest BCUT2D eigenvalue weighted by atomic mass is 19.1. The summed E-state index contributed by atoms with van der Waals surface area (Å²) in [5.41, 5.74) is 16.0. The Bertz CT molecular complexity index is 7890.